The molecule has 6 heteroatoms. The van der Waals surface area contributed by atoms with Gasteiger partial charge in [0.25, 0.3) is 5.56 Å². The van der Waals surface area contributed by atoms with Crippen molar-refractivity contribution in [3.05, 3.63) is 58.5 Å². The molecule has 6 nitrogen and oxygen atoms in total. The van der Waals surface area contributed by atoms with E-state index >= 15 is 0 Å². The zero-order chi connectivity index (χ0) is 15.3. The van der Waals surface area contributed by atoms with Gasteiger partial charge in [0.2, 0.25) is 0 Å². The van der Waals surface area contributed by atoms with E-state index in [1.807, 2.05) is 42.8 Å². The summed E-state index contributed by atoms with van der Waals surface area (Å²) in [6, 6.07) is 7.54. The average molecular weight is 294 g/mol. The van der Waals surface area contributed by atoms with Crippen molar-refractivity contribution in [3.63, 3.8) is 0 Å². The predicted octanol–water partition coefficient (Wildman–Crippen LogP) is 2.23. The lowest BCUT2D eigenvalue weighted by Crippen LogP contribution is -2.24. The number of furan rings is 1. The zero-order valence-corrected chi connectivity index (χ0v) is 12.3. The molecule has 0 aliphatic heterocycles. The first kappa shape index (κ1) is 12.8. The van der Waals surface area contributed by atoms with Crippen LogP contribution in [0.1, 0.15) is 11.5 Å². The van der Waals surface area contributed by atoms with Gasteiger partial charge in [-0.3, -0.25) is 9.78 Å². The summed E-state index contributed by atoms with van der Waals surface area (Å²) >= 11 is 0. The van der Waals surface area contributed by atoms with Gasteiger partial charge >= 0.3 is 0 Å². The van der Waals surface area contributed by atoms with Crippen LogP contribution >= 0.6 is 0 Å². The maximum absolute atomic E-state index is 12.7. The molecule has 0 N–H and O–H groups in total. The maximum Gasteiger partial charge on any atom is 0.291 e. The molecule has 0 saturated heterocycles. The molecule has 4 aromatic rings. The summed E-state index contributed by atoms with van der Waals surface area (Å²) in [5.74, 6) is 0.820. The fraction of sp³-hybridized carbons (Fsp3) is 0.188. The summed E-state index contributed by atoms with van der Waals surface area (Å²) < 4.78 is 8.98. The Labute approximate surface area is 125 Å². The molecule has 0 aliphatic rings. The molecule has 0 spiro atoms. The molecule has 0 bridgehead atoms. The van der Waals surface area contributed by atoms with Crippen LogP contribution in [-0.4, -0.2) is 19.3 Å². The fourth-order valence-electron chi connectivity index (χ4n) is 2.79. The Balaban J connectivity index is 1.94. The first-order valence-corrected chi connectivity index (χ1v) is 6.99. The van der Waals surface area contributed by atoms with Gasteiger partial charge in [0.05, 0.1) is 29.3 Å². The molecule has 0 saturated carbocycles. The highest BCUT2D eigenvalue weighted by Gasteiger charge is 2.17. The third-order valence-electron chi connectivity index (χ3n) is 3.83. The van der Waals surface area contributed by atoms with E-state index in [9.17, 15) is 4.79 Å². The Morgan fingerprint density at radius 1 is 1.32 bits per heavy atom. The molecule has 110 valence electrons. The molecule has 0 aromatic carbocycles. The number of pyridine rings is 1. The highest BCUT2D eigenvalue weighted by atomic mass is 16.3. The molecule has 4 rings (SSSR count). The number of hydrogen-bond acceptors (Lipinski definition) is 4. The van der Waals surface area contributed by atoms with Crippen LogP contribution in [0.4, 0.5) is 0 Å². The van der Waals surface area contributed by atoms with Crippen molar-refractivity contribution in [3.8, 4) is 0 Å². The van der Waals surface area contributed by atoms with Crippen LogP contribution in [0.5, 0.6) is 0 Å². The molecular formula is C16H14N4O2. The smallest absolute Gasteiger partial charge is 0.291 e. The SMILES string of the molecule is Cc1cc2c(o1)c1cnn(Cc3ccccn3)c(=O)c1n2C. The number of aryl methyl sites for hydroxylation is 2. The highest BCUT2D eigenvalue weighted by molar-refractivity contribution is 6.04. The van der Waals surface area contributed by atoms with Crippen molar-refractivity contribution in [1.29, 1.82) is 0 Å². The van der Waals surface area contributed by atoms with E-state index in [2.05, 4.69) is 10.1 Å². The summed E-state index contributed by atoms with van der Waals surface area (Å²) in [5.41, 5.74) is 2.87. The summed E-state index contributed by atoms with van der Waals surface area (Å²) in [4.78, 5) is 17.0. The van der Waals surface area contributed by atoms with E-state index in [0.29, 0.717) is 17.6 Å². The molecule has 0 radical (unpaired) electrons. The lowest BCUT2D eigenvalue weighted by atomic mass is 10.3. The first-order valence-electron chi connectivity index (χ1n) is 6.99. The maximum atomic E-state index is 12.7. The molecule has 0 aliphatic carbocycles. The van der Waals surface area contributed by atoms with Crippen molar-refractivity contribution in [1.82, 2.24) is 19.3 Å². The molecule has 0 unspecified atom stereocenters. The van der Waals surface area contributed by atoms with Crippen LogP contribution < -0.4 is 5.56 Å². The lowest BCUT2D eigenvalue weighted by molar-refractivity contribution is 0.581. The van der Waals surface area contributed by atoms with Gasteiger partial charge in [0.1, 0.15) is 11.3 Å². The monoisotopic (exact) mass is 294 g/mol. The number of hydrogen-bond donors (Lipinski definition) is 0. The minimum absolute atomic E-state index is 0.144. The van der Waals surface area contributed by atoms with E-state index in [0.717, 1.165) is 22.4 Å². The molecule has 4 heterocycles. The quantitative estimate of drug-likeness (QED) is 0.568. The first-order chi connectivity index (χ1) is 10.6. The molecule has 0 atom stereocenters. The summed E-state index contributed by atoms with van der Waals surface area (Å²) in [5, 5.41) is 5.01. The third-order valence-corrected chi connectivity index (χ3v) is 3.83. The minimum atomic E-state index is -0.144. The van der Waals surface area contributed by atoms with Crippen LogP contribution in [0, 0.1) is 6.92 Å². The standard InChI is InChI=1S/C16H14N4O2/c1-10-7-13-15(22-10)12-8-18-20(16(21)14(12)19(13)2)9-11-5-3-4-6-17-11/h3-8H,9H2,1-2H3. The Morgan fingerprint density at radius 3 is 2.95 bits per heavy atom. The van der Waals surface area contributed by atoms with Gasteiger partial charge in [0, 0.05) is 19.3 Å². The Bertz CT molecular complexity index is 1040. The predicted molar refractivity (Wildman–Crippen MR) is 82.8 cm³/mol. The van der Waals surface area contributed by atoms with Crippen LogP contribution in [0.2, 0.25) is 0 Å². The van der Waals surface area contributed by atoms with Gasteiger partial charge in [-0.1, -0.05) is 6.07 Å². The van der Waals surface area contributed by atoms with Gasteiger partial charge in [-0.2, -0.15) is 5.10 Å². The largest absolute Gasteiger partial charge is 0.459 e. The van der Waals surface area contributed by atoms with Crippen LogP contribution in [0.15, 0.2) is 45.9 Å². The Morgan fingerprint density at radius 2 is 2.18 bits per heavy atom. The minimum Gasteiger partial charge on any atom is -0.459 e. The summed E-state index contributed by atoms with van der Waals surface area (Å²) in [6.07, 6.45) is 3.39. The second-order valence-corrected chi connectivity index (χ2v) is 5.32. The average Bonchev–Trinajstić information content (AvgIpc) is 3.01. The lowest BCUT2D eigenvalue weighted by Gasteiger charge is -2.04. The van der Waals surface area contributed by atoms with Crippen LogP contribution in [0.25, 0.3) is 22.0 Å². The van der Waals surface area contributed by atoms with Gasteiger partial charge in [-0.25, -0.2) is 4.68 Å². The summed E-state index contributed by atoms with van der Waals surface area (Å²) in [6.45, 7) is 2.24. The topological polar surface area (TPSA) is 65.8 Å². The zero-order valence-electron chi connectivity index (χ0n) is 12.3. The van der Waals surface area contributed by atoms with Crippen molar-refractivity contribution in [2.75, 3.05) is 0 Å². The number of rotatable bonds is 2. The van der Waals surface area contributed by atoms with Crippen molar-refractivity contribution in [2.24, 2.45) is 7.05 Å². The van der Waals surface area contributed by atoms with E-state index in [-0.39, 0.29) is 5.56 Å². The molecular weight excluding hydrogens is 280 g/mol. The van der Waals surface area contributed by atoms with E-state index in [1.165, 1.54) is 4.68 Å². The molecule has 4 aromatic heterocycles. The Hall–Kier alpha value is -2.89. The highest BCUT2D eigenvalue weighted by Crippen LogP contribution is 2.28. The van der Waals surface area contributed by atoms with E-state index < -0.39 is 0 Å². The van der Waals surface area contributed by atoms with Crippen LogP contribution in [0.3, 0.4) is 0 Å². The van der Waals surface area contributed by atoms with E-state index in [1.54, 1.807) is 12.4 Å². The molecule has 0 fully saturated rings. The third kappa shape index (κ3) is 1.77. The number of fused-ring (bicyclic) bond motifs is 3. The second-order valence-electron chi connectivity index (χ2n) is 5.32. The molecule has 0 amide bonds. The van der Waals surface area contributed by atoms with Gasteiger partial charge < -0.3 is 8.98 Å². The van der Waals surface area contributed by atoms with E-state index in [4.69, 9.17) is 4.42 Å². The normalized spacial score (nSPS) is 11.5. The molecule has 22 heavy (non-hydrogen) atoms. The van der Waals surface area contributed by atoms with Gasteiger partial charge in [-0.05, 0) is 19.1 Å². The second kappa shape index (κ2) is 4.56. The number of aromatic nitrogens is 4. The van der Waals surface area contributed by atoms with Crippen molar-refractivity contribution in [2.45, 2.75) is 13.5 Å². The van der Waals surface area contributed by atoms with Crippen molar-refractivity contribution < 1.29 is 4.42 Å². The van der Waals surface area contributed by atoms with Gasteiger partial charge in [0.15, 0.2) is 5.58 Å². The summed E-state index contributed by atoms with van der Waals surface area (Å²) in [7, 11) is 1.87. The Kier molecular flexibility index (Phi) is 2.66. The van der Waals surface area contributed by atoms with Gasteiger partial charge in [-0.15, -0.1) is 0 Å². The van der Waals surface area contributed by atoms with Crippen molar-refractivity contribution >= 4 is 22.0 Å². The fourth-order valence-corrected chi connectivity index (χ4v) is 2.79. The number of nitrogens with zero attached hydrogens (tertiary/aromatic N) is 4. The van der Waals surface area contributed by atoms with Crippen LogP contribution in [-0.2, 0) is 13.6 Å².